The molecule has 1 N–H and O–H groups in total. The monoisotopic (exact) mass is 301 g/mol. The Morgan fingerprint density at radius 1 is 1.21 bits per heavy atom. The number of hydrogen-bond donors (Lipinski definition) is 1. The zero-order chi connectivity index (χ0) is 13.1. The minimum Gasteiger partial charge on any atom is -0.375 e. The SMILES string of the molecule is CNC(C1CCOC2(CCSCC2)C1)C1CCCS1. The number of nitrogens with one attached hydrogen (secondary N) is 1. The standard InChI is InChI=1S/C15H27NOS2/c1-16-14(13-3-2-8-19-13)12-4-7-17-15(11-12)5-9-18-10-6-15/h12-14,16H,2-11H2,1H3. The molecule has 0 aromatic heterocycles. The summed E-state index contributed by atoms with van der Waals surface area (Å²) in [6, 6.07) is 0.711. The van der Waals surface area contributed by atoms with E-state index in [1.807, 2.05) is 0 Å². The molecule has 1 spiro atoms. The number of rotatable bonds is 3. The molecule has 0 radical (unpaired) electrons. The van der Waals surface area contributed by atoms with E-state index in [2.05, 4.69) is 35.9 Å². The van der Waals surface area contributed by atoms with Gasteiger partial charge in [0.1, 0.15) is 0 Å². The van der Waals surface area contributed by atoms with Crippen molar-refractivity contribution in [3.63, 3.8) is 0 Å². The van der Waals surface area contributed by atoms with Crippen LogP contribution in [0.1, 0.15) is 38.5 Å². The molecule has 0 bridgehead atoms. The third kappa shape index (κ3) is 3.28. The lowest BCUT2D eigenvalue weighted by Gasteiger charge is -2.46. The van der Waals surface area contributed by atoms with Crippen molar-refractivity contribution in [3.8, 4) is 0 Å². The molecular formula is C15H27NOS2. The highest BCUT2D eigenvalue weighted by molar-refractivity contribution is 8.00. The maximum absolute atomic E-state index is 6.25. The Morgan fingerprint density at radius 3 is 2.74 bits per heavy atom. The molecule has 19 heavy (non-hydrogen) atoms. The molecule has 0 saturated carbocycles. The lowest BCUT2D eigenvalue weighted by molar-refractivity contribution is -0.107. The summed E-state index contributed by atoms with van der Waals surface area (Å²) in [7, 11) is 2.17. The fraction of sp³-hybridized carbons (Fsp3) is 1.00. The second-order valence-corrected chi connectivity index (χ2v) is 8.83. The van der Waals surface area contributed by atoms with E-state index in [0.717, 1.165) is 17.8 Å². The molecule has 3 aliphatic rings. The van der Waals surface area contributed by atoms with Gasteiger partial charge in [0, 0.05) is 17.9 Å². The zero-order valence-electron chi connectivity index (χ0n) is 12.0. The van der Waals surface area contributed by atoms with Crippen molar-refractivity contribution in [1.29, 1.82) is 0 Å². The molecule has 3 aliphatic heterocycles. The van der Waals surface area contributed by atoms with Crippen molar-refractivity contribution in [1.82, 2.24) is 5.32 Å². The minimum absolute atomic E-state index is 0.243. The molecular weight excluding hydrogens is 274 g/mol. The summed E-state index contributed by atoms with van der Waals surface area (Å²) in [6.07, 6.45) is 7.95. The van der Waals surface area contributed by atoms with Gasteiger partial charge in [-0.3, -0.25) is 0 Å². The van der Waals surface area contributed by atoms with Gasteiger partial charge in [0.05, 0.1) is 5.60 Å². The Hall–Kier alpha value is 0.620. The molecule has 3 rings (SSSR count). The van der Waals surface area contributed by atoms with Gasteiger partial charge in [-0.1, -0.05) is 0 Å². The van der Waals surface area contributed by atoms with E-state index in [1.54, 1.807) is 0 Å². The molecule has 3 heterocycles. The first-order valence-corrected chi connectivity index (χ1v) is 10.0. The second kappa shape index (κ2) is 6.59. The topological polar surface area (TPSA) is 21.3 Å². The van der Waals surface area contributed by atoms with Gasteiger partial charge in [-0.05, 0) is 68.7 Å². The highest BCUT2D eigenvalue weighted by atomic mass is 32.2. The predicted octanol–water partition coefficient (Wildman–Crippen LogP) is 3.16. The van der Waals surface area contributed by atoms with Gasteiger partial charge in [-0.15, -0.1) is 0 Å². The maximum Gasteiger partial charge on any atom is 0.0701 e. The van der Waals surface area contributed by atoms with Crippen LogP contribution in [0.4, 0.5) is 0 Å². The first-order chi connectivity index (χ1) is 9.33. The highest BCUT2D eigenvalue weighted by Gasteiger charge is 2.42. The van der Waals surface area contributed by atoms with E-state index in [4.69, 9.17) is 4.74 Å². The Morgan fingerprint density at radius 2 is 2.05 bits per heavy atom. The normalized spacial score (nSPS) is 36.5. The average Bonchev–Trinajstić information content (AvgIpc) is 2.95. The lowest BCUT2D eigenvalue weighted by Crippen LogP contribution is -2.50. The van der Waals surface area contributed by atoms with Crippen molar-refractivity contribution in [2.45, 2.75) is 55.4 Å². The van der Waals surface area contributed by atoms with Gasteiger partial charge in [0.15, 0.2) is 0 Å². The molecule has 0 aliphatic carbocycles. The van der Waals surface area contributed by atoms with Crippen LogP contribution < -0.4 is 5.32 Å². The van der Waals surface area contributed by atoms with E-state index in [0.29, 0.717) is 6.04 Å². The Balaban J connectivity index is 1.65. The van der Waals surface area contributed by atoms with E-state index in [9.17, 15) is 0 Å². The Kier molecular flexibility index (Phi) is 5.05. The first kappa shape index (κ1) is 14.6. The summed E-state index contributed by atoms with van der Waals surface area (Å²) in [4.78, 5) is 0. The van der Waals surface area contributed by atoms with Crippen LogP contribution in [-0.4, -0.2) is 47.8 Å². The molecule has 4 heteroatoms. The van der Waals surface area contributed by atoms with E-state index < -0.39 is 0 Å². The van der Waals surface area contributed by atoms with E-state index >= 15 is 0 Å². The maximum atomic E-state index is 6.25. The van der Waals surface area contributed by atoms with Crippen molar-refractivity contribution >= 4 is 23.5 Å². The van der Waals surface area contributed by atoms with Crippen molar-refractivity contribution in [2.75, 3.05) is 30.9 Å². The first-order valence-electron chi connectivity index (χ1n) is 7.84. The largest absolute Gasteiger partial charge is 0.375 e. The van der Waals surface area contributed by atoms with Gasteiger partial charge >= 0.3 is 0 Å². The molecule has 0 aromatic rings. The molecule has 110 valence electrons. The van der Waals surface area contributed by atoms with E-state index in [1.165, 1.54) is 55.8 Å². The number of hydrogen-bond acceptors (Lipinski definition) is 4. The van der Waals surface area contributed by atoms with Crippen LogP contribution in [-0.2, 0) is 4.74 Å². The molecule has 3 fully saturated rings. The van der Waals surface area contributed by atoms with Crippen LogP contribution >= 0.6 is 23.5 Å². The van der Waals surface area contributed by atoms with Crippen LogP contribution in [0.2, 0.25) is 0 Å². The predicted molar refractivity (Wildman–Crippen MR) is 86.3 cm³/mol. The third-order valence-corrected chi connectivity index (χ3v) is 7.61. The fourth-order valence-corrected chi connectivity index (χ4v) is 6.85. The third-order valence-electron chi connectivity index (χ3n) is 5.14. The summed E-state index contributed by atoms with van der Waals surface area (Å²) < 4.78 is 6.25. The second-order valence-electron chi connectivity index (χ2n) is 6.26. The van der Waals surface area contributed by atoms with Crippen molar-refractivity contribution in [2.24, 2.45) is 5.92 Å². The van der Waals surface area contributed by atoms with Crippen LogP contribution in [0.3, 0.4) is 0 Å². The fourth-order valence-electron chi connectivity index (χ4n) is 4.07. The van der Waals surface area contributed by atoms with Gasteiger partial charge < -0.3 is 10.1 Å². The Bertz CT molecular complexity index is 282. The summed E-state index contributed by atoms with van der Waals surface area (Å²) in [5.41, 5.74) is 0.243. The smallest absolute Gasteiger partial charge is 0.0701 e. The summed E-state index contributed by atoms with van der Waals surface area (Å²) in [5, 5.41) is 4.50. The molecule has 3 atom stereocenters. The van der Waals surface area contributed by atoms with E-state index in [-0.39, 0.29) is 5.60 Å². The molecule has 0 aromatic carbocycles. The number of thioether (sulfide) groups is 2. The summed E-state index contributed by atoms with van der Waals surface area (Å²) in [5.74, 6) is 4.80. The average molecular weight is 302 g/mol. The number of ether oxygens (including phenoxy) is 1. The van der Waals surface area contributed by atoms with Crippen molar-refractivity contribution in [3.05, 3.63) is 0 Å². The van der Waals surface area contributed by atoms with Crippen LogP contribution in [0, 0.1) is 5.92 Å². The molecule has 3 unspecified atom stereocenters. The molecule has 2 nitrogen and oxygen atoms in total. The van der Waals surface area contributed by atoms with Gasteiger partial charge in [-0.25, -0.2) is 0 Å². The lowest BCUT2D eigenvalue weighted by atomic mass is 9.77. The molecule has 0 amide bonds. The van der Waals surface area contributed by atoms with Gasteiger partial charge in [-0.2, -0.15) is 23.5 Å². The van der Waals surface area contributed by atoms with Gasteiger partial charge in [0.25, 0.3) is 0 Å². The van der Waals surface area contributed by atoms with Crippen LogP contribution in [0.5, 0.6) is 0 Å². The quantitative estimate of drug-likeness (QED) is 0.864. The molecule has 3 saturated heterocycles. The highest BCUT2D eigenvalue weighted by Crippen LogP contribution is 2.43. The summed E-state index contributed by atoms with van der Waals surface area (Å²) in [6.45, 7) is 0.991. The van der Waals surface area contributed by atoms with Crippen LogP contribution in [0.15, 0.2) is 0 Å². The summed E-state index contributed by atoms with van der Waals surface area (Å²) >= 11 is 4.30. The minimum atomic E-state index is 0.243. The van der Waals surface area contributed by atoms with Crippen molar-refractivity contribution < 1.29 is 4.74 Å². The van der Waals surface area contributed by atoms with Crippen LogP contribution in [0.25, 0.3) is 0 Å². The van der Waals surface area contributed by atoms with Gasteiger partial charge in [0.2, 0.25) is 0 Å². The zero-order valence-corrected chi connectivity index (χ0v) is 13.7. The Labute approximate surface area is 126 Å².